The van der Waals surface area contributed by atoms with Gasteiger partial charge in [0.05, 0.1) is 92.5 Å². The quantitative estimate of drug-likeness (QED) is 0.107. The second-order valence-electron chi connectivity index (χ2n) is 10.0. The monoisotopic (exact) mass is 635 g/mol. The molecule has 0 spiro atoms. The van der Waals surface area contributed by atoms with E-state index in [1.54, 1.807) is 7.11 Å². The topological polar surface area (TPSA) is 146 Å². The number of unbranched alkanes of at least 4 members (excludes halogenated alkanes) is 8. The molecule has 1 rings (SSSR count). The van der Waals surface area contributed by atoms with Crippen molar-refractivity contribution in [2.24, 2.45) is 0 Å². The zero-order chi connectivity index (χ0) is 31.8. The second kappa shape index (κ2) is 31.0. The van der Waals surface area contributed by atoms with E-state index in [-0.39, 0.29) is 18.2 Å². The third-order valence-electron chi connectivity index (χ3n) is 6.32. The van der Waals surface area contributed by atoms with E-state index in [2.05, 4.69) is 0 Å². The lowest BCUT2D eigenvalue weighted by molar-refractivity contribution is -0.145. The van der Waals surface area contributed by atoms with Gasteiger partial charge in [0.1, 0.15) is 0 Å². The molecule has 0 bridgehead atoms. The molecule has 1 heterocycles. The molecule has 13 heteroatoms. The van der Waals surface area contributed by atoms with Gasteiger partial charge in [-0.25, -0.2) is 4.79 Å². The van der Waals surface area contributed by atoms with Crippen LogP contribution in [0.5, 0.6) is 11.8 Å². The molecule has 0 saturated carbocycles. The van der Waals surface area contributed by atoms with Crippen LogP contribution in [-0.4, -0.2) is 127 Å². The highest BCUT2D eigenvalue weighted by molar-refractivity contribution is 5.69. The normalized spacial score (nSPS) is 11.4. The summed E-state index contributed by atoms with van der Waals surface area (Å²) >= 11 is 0. The van der Waals surface area contributed by atoms with Crippen molar-refractivity contribution in [1.82, 2.24) is 4.73 Å². The van der Waals surface area contributed by atoms with Gasteiger partial charge in [-0.2, -0.15) is 0 Å². The molecule has 0 aliphatic heterocycles. The summed E-state index contributed by atoms with van der Waals surface area (Å²) in [6.07, 6.45) is 9.99. The summed E-state index contributed by atoms with van der Waals surface area (Å²) in [5, 5.41) is 18.9. The SMILES string of the molecule is COCCOCCOCCOCCOCCOCCOCCOCCCCCCCCCCCC(=O)On1c(O)ccc1O. The van der Waals surface area contributed by atoms with E-state index in [1.807, 2.05) is 0 Å². The Morgan fingerprint density at radius 2 is 0.818 bits per heavy atom. The number of ether oxygens (including phenoxy) is 8. The minimum Gasteiger partial charge on any atom is -0.492 e. The molecule has 0 aliphatic rings. The molecule has 2 N–H and O–H groups in total. The first-order valence-electron chi connectivity index (χ1n) is 16.0. The lowest BCUT2D eigenvalue weighted by atomic mass is 10.1. The molecule has 0 radical (unpaired) electrons. The lowest BCUT2D eigenvalue weighted by Gasteiger charge is -2.08. The Balaban J connectivity index is 1.66. The zero-order valence-corrected chi connectivity index (χ0v) is 26.8. The number of hydrogen-bond donors (Lipinski definition) is 2. The fourth-order valence-corrected chi connectivity index (χ4v) is 3.92. The third-order valence-corrected chi connectivity index (χ3v) is 6.32. The highest BCUT2D eigenvalue weighted by atomic mass is 16.7. The summed E-state index contributed by atoms with van der Waals surface area (Å²) in [4.78, 5) is 16.7. The largest absolute Gasteiger partial charge is 0.492 e. The van der Waals surface area contributed by atoms with E-state index >= 15 is 0 Å². The summed E-state index contributed by atoms with van der Waals surface area (Å²) in [5.74, 6) is -1.08. The molecule has 0 aromatic carbocycles. The van der Waals surface area contributed by atoms with E-state index in [9.17, 15) is 15.0 Å². The molecule has 0 unspecified atom stereocenters. The van der Waals surface area contributed by atoms with E-state index in [0.29, 0.717) is 92.5 Å². The van der Waals surface area contributed by atoms with Crippen LogP contribution in [0.4, 0.5) is 0 Å². The minimum absolute atomic E-state index is 0.258. The first kappa shape index (κ1) is 40.1. The van der Waals surface area contributed by atoms with E-state index in [4.69, 9.17) is 42.7 Å². The molecule has 0 fully saturated rings. The summed E-state index contributed by atoms with van der Waals surface area (Å²) in [7, 11) is 1.64. The number of aromatic hydroxyl groups is 2. The van der Waals surface area contributed by atoms with Gasteiger partial charge in [0.15, 0.2) is 0 Å². The average Bonchev–Trinajstić information content (AvgIpc) is 3.33. The molecule has 1 aromatic heterocycles. The Bertz CT molecular complexity index is 745. The molecule has 1 aromatic rings. The van der Waals surface area contributed by atoms with Crippen LogP contribution in [0.15, 0.2) is 12.1 Å². The van der Waals surface area contributed by atoms with Crippen LogP contribution >= 0.6 is 0 Å². The van der Waals surface area contributed by atoms with Crippen molar-refractivity contribution in [3.63, 3.8) is 0 Å². The van der Waals surface area contributed by atoms with Gasteiger partial charge in [0.2, 0.25) is 11.8 Å². The third kappa shape index (κ3) is 25.4. The molecular weight excluding hydrogens is 578 g/mol. The standard InChI is InChI=1S/C31H57NO12/c1-36-15-16-38-19-20-40-23-24-42-27-28-43-26-25-41-22-21-39-18-17-37-14-10-8-6-4-2-3-5-7-9-11-31(35)44-32-29(33)12-13-30(32)34/h12-13,33-34H,2-11,14-28H2,1H3. The van der Waals surface area contributed by atoms with Gasteiger partial charge in [-0.3, -0.25) is 0 Å². The van der Waals surface area contributed by atoms with Crippen LogP contribution in [0, 0.1) is 0 Å². The first-order valence-corrected chi connectivity index (χ1v) is 16.0. The molecule has 0 atom stereocenters. The van der Waals surface area contributed by atoms with Crippen LogP contribution in [0.2, 0.25) is 0 Å². The van der Waals surface area contributed by atoms with Gasteiger partial charge in [-0.05, 0) is 12.8 Å². The van der Waals surface area contributed by atoms with E-state index in [0.717, 1.165) is 49.9 Å². The van der Waals surface area contributed by atoms with Crippen molar-refractivity contribution in [2.45, 2.75) is 64.2 Å². The predicted octanol–water partition coefficient (Wildman–Crippen LogP) is 3.52. The van der Waals surface area contributed by atoms with Crippen molar-refractivity contribution >= 4 is 5.97 Å². The van der Waals surface area contributed by atoms with Crippen LogP contribution in [0.1, 0.15) is 64.2 Å². The summed E-state index contributed by atoms with van der Waals surface area (Å²) < 4.78 is 43.8. The van der Waals surface area contributed by atoms with Crippen LogP contribution in [0.25, 0.3) is 0 Å². The lowest BCUT2D eigenvalue weighted by Crippen LogP contribution is -2.18. The maximum Gasteiger partial charge on any atom is 0.333 e. The van der Waals surface area contributed by atoms with Crippen LogP contribution in [0.3, 0.4) is 0 Å². The molecule has 13 nitrogen and oxygen atoms in total. The molecule has 0 saturated heterocycles. The fourth-order valence-electron chi connectivity index (χ4n) is 3.92. The average molecular weight is 636 g/mol. The smallest absolute Gasteiger partial charge is 0.333 e. The number of aromatic nitrogens is 1. The second-order valence-corrected chi connectivity index (χ2v) is 10.0. The van der Waals surface area contributed by atoms with E-state index < -0.39 is 5.97 Å². The highest BCUT2D eigenvalue weighted by Gasteiger charge is 2.11. The molecule has 44 heavy (non-hydrogen) atoms. The summed E-state index contributed by atoms with van der Waals surface area (Å²) in [5.41, 5.74) is 0. The van der Waals surface area contributed by atoms with Gasteiger partial charge < -0.3 is 52.9 Å². The Morgan fingerprint density at radius 3 is 1.20 bits per heavy atom. The summed E-state index contributed by atoms with van der Waals surface area (Å²) in [6.45, 7) is 8.44. The fraction of sp³-hybridized carbons (Fsp3) is 0.839. The van der Waals surface area contributed by atoms with Crippen molar-refractivity contribution in [1.29, 1.82) is 0 Å². The van der Waals surface area contributed by atoms with Crippen molar-refractivity contribution < 1.29 is 57.7 Å². The van der Waals surface area contributed by atoms with Crippen molar-refractivity contribution in [3.8, 4) is 11.8 Å². The Kier molecular flexibility index (Phi) is 28.2. The number of rotatable bonds is 34. The first-order chi connectivity index (χ1) is 21.6. The van der Waals surface area contributed by atoms with Gasteiger partial charge >= 0.3 is 5.97 Å². The van der Waals surface area contributed by atoms with Gasteiger partial charge in [0, 0.05) is 32.3 Å². The Morgan fingerprint density at radius 1 is 0.500 bits per heavy atom. The van der Waals surface area contributed by atoms with Gasteiger partial charge in [-0.15, -0.1) is 4.73 Å². The van der Waals surface area contributed by atoms with Crippen molar-refractivity contribution in [3.05, 3.63) is 12.1 Å². The number of carbonyl (C=O) groups excluding carboxylic acids is 1. The van der Waals surface area contributed by atoms with Gasteiger partial charge in [-0.1, -0.05) is 44.9 Å². The van der Waals surface area contributed by atoms with Crippen molar-refractivity contribution in [2.75, 3.05) is 106 Å². The van der Waals surface area contributed by atoms with Gasteiger partial charge in [0.25, 0.3) is 0 Å². The summed E-state index contributed by atoms with van der Waals surface area (Å²) in [6, 6.07) is 2.52. The van der Waals surface area contributed by atoms with Crippen LogP contribution < -0.4 is 4.84 Å². The van der Waals surface area contributed by atoms with Crippen LogP contribution in [-0.2, 0) is 42.7 Å². The zero-order valence-electron chi connectivity index (χ0n) is 26.8. The highest BCUT2D eigenvalue weighted by Crippen LogP contribution is 2.19. The number of methoxy groups -OCH3 is 1. The molecular formula is C31H57NO12. The Labute approximate surface area is 262 Å². The predicted molar refractivity (Wildman–Crippen MR) is 163 cm³/mol. The molecule has 0 amide bonds. The van der Waals surface area contributed by atoms with E-state index in [1.165, 1.54) is 31.4 Å². The Hall–Kier alpha value is -1.97. The molecule has 0 aliphatic carbocycles. The molecule has 258 valence electrons. The number of hydrogen-bond acceptors (Lipinski definition) is 12. The maximum absolute atomic E-state index is 11.8. The number of nitrogens with zero attached hydrogens (tertiary/aromatic N) is 1. The minimum atomic E-state index is -0.472. The maximum atomic E-state index is 11.8. The number of carbonyl (C=O) groups is 1.